The fraction of sp³-hybridized carbons (Fsp3) is 0.0769. The van der Waals surface area contributed by atoms with E-state index >= 15 is 0 Å². The molecule has 2 rings (SSSR count). The monoisotopic (exact) mass is 263 g/mol. The molecule has 1 amide bonds. The van der Waals surface area contributed by atoms with E-state index in [4.69, 9.17) is 5.73 Å². The van der Waals surface area contributed by atoms with E-state index in [0.29, 0.717) is 5.56 Å². The summed E-state index contributed by atoms with van der Waals surface area (Å²) in [6, 6.07) is 6.09. The van der Waals surface area contributed by atoms with E-state index in [-0.39, 0.29) is 17.9 Å². The minimum atomic E-state index is -0.699. The van der Waals surface area contributed by atoms with Crippen molar-refractivity contribution in [3.05, 3.63) is 59.3 Å². The second-order valence-corrected chi connectivity index (χ2v) is 3.89. The van der Waals surface area contributed by atoms with Crippen molar-refractivity contribution in [3.8, 4) is 0 Å². The predicted molar refractivity (Wildman–Crippen MR) is 66.2 cm³/mol. The molecule has 19 heavy (non-hydrogen) atoms. The number of nitrogens with one attached hydrogen (secondary N) is 1. The Morgan fingerprint density at radius 1 is 1.26 bits per heavy atom. The van der Waals surface area contributed by atoms with Crippen molar-refractivity contribution in [1.82, 2.24) is 10.3 Å². The average molecular weight is 263 g/mol. The average Bonchev–Trinajstić information content (AvgIpc) is 2.37. The number of hydrogen-bond donors (Lipinski definition) is 2. The molecule has 0 saturated carbocycles. The molecule has 0 bridgehead atoms. The number of nitrogens with two attached hydrogens (primary N) is 1. The SMILES string of the molecule is Nc1cc(C(=O)NCc2ccc(F)cc2F)ccn1. The highest BCUT2D eigenvalue weighted by molar-refractivity contribution is 5.94. The smallest absolute Gasteiger partial charge is 0.251 e. The van der Waals surface area contributed by atoms with Gasteiger partial charge in [-0.2, -0.15) is 0 Å². The van der Waals surface area contributed by atoms with Crippen LogP contribution in [0.3, 0.4) is 0 Å². The van der Waals surface area contributed by atoms with E-state index in [1.807, 2.05) is 0 Å². The lowest BCUT2D eigenvalue weighted by Gasteiger charge is -2.06. The first kappa shape index (κ1) is 12.9. The van der Waals surface area contributed by atoms with Crippen LogP contribution < -0.4 is 11.1 Å². The maximum Gasteiger partial charge on any atom is 0.251 e. The molecule has 0 fully saturated rings. The number of nitrogens with zero attached hydrogens (tertiary/aromatic N) is 1. The molecule has 1 aromatic heterocycles. The quantitative estimate of drug-likeness (QED) is 0.888. The lowest BCUT2D eigenvalue weighted by molar-refractivity contribution is 0.0950. The van der Waals surface area contributed by atoms with Crippen LogP contribution in [0.2, 0.25) is 0 Å². The third-order valence-corrected chi connectivity index (χ3v) is 2.50. The van der Waals surface area contributed by atoms with Crippen LogP contribution in [-0.4, -0.2) is 10.9 Å². The van der Waals surface area contributed by atoms with E-state index in [2.05, 4.69) is 10.3 Å². The van der Waals surface area contributed by atoms with Crippen LogP contribution >= 0.6 is 0 Å². The number of amides is 1. The predicted octanol–water partition coefficient (Wildman–Crippen LogP) is 1.87. The molecule has 98 valence electrons. The van der Waals surface area contributed by atoms with Gasteiger partial charge in [-0.25, -0.2) is 13.8 Å². The first-order valence-electron chi connectivity index (χ1n) is 5.50. The Morgan fingerprint density at radius 3 is 2.74 bits per heavy atom. The topological polar surface area (TPSA) is 68.0 Å². The van der Waals surface area contributed by atoms with Crippen LogP contribution in [0.25, 0.3) is 0 Å². The summed E-state index contributed by atoms with van der Waals surface area (Å²) >= 11 is 0. The third kappa shape index (κ3) is 3.25. The fourth-order valence-electron chi connectivity index (χ4n) is 1.53. The molecule has 0 radical (unpaired) electrons. The van der Waals surface area contributed by atoms with Gasteiger partial charge in [-0.15, -0.1) is 0 Å². The maximum atomic E-state index is 13.3. The molecule has 0 unspecified atom stereocenters. The summed E-state index contributed by atoms with van der Waals surface area (Å²) in [6.07, 6.45) is 1.41. The number of aromatic nitrogens is 1. The van der Waals surface area contributed by atoms with Crippen molar-refractivity contribution in [1.29, 1.82) is 0 Å². The molecule has 1 aromatic carbocycles. The lowest BCUT2D eigenvalue weighted by Crippen LogP contribution is -2.23. The first-order valence-corrected chi connectivity index (χ1v) is 5.50. The van der Waals surface area contributed by atoms with Gasteiger partial charge in [-0.05, 0) is 18.2 Å². The second kappa shape index (κ2) is 5.43. The normalized spacial score (nSPS) is 10.2. The van der Waals surface area contributed by atoms with Crippen LogP contribution in [0.1, 0.15) is 15.9 Å². The van der Waals surface area contributed by atoms with Crippen molar-refractivity contribution in [2.45, 2.75) is 6.54 Å². The van der Waals surface area contributed by atoms with Crippen LogP contribution in [0.5, 0.6) is 0 Å². The van der Waals surface area contributed by atoms with Gasteiger partial charge in [-0.3, -0.25) is 4.79 Å². The van der Waals surface area contributed by atoms with Gasteiger partial charge >= 0.3 is 0 Å². The Labute approximate surface area is 108 Å². The summed E-state index contributed by atoms with van der Waals surface area (Å²) < 4.78 is 26.1. The zero-order chi connectivity index (χ0) is 13.8. The summed E-state index contributed by atoms with van der Waals surface area (Å²) in [5.74, 6) is -1.54. The highest BCUT2D eigenvalue weighted by atomic mass is 19.1. The van der Waals surface area contributed by atoms with E-state index < -0.39 is 17.5 Å². The molecule has 0 aliphatic heterocycles. The molecule has 0 atom stereocenters. The number of carbonyl (C=O) groups excluding carboxylic acids is 1. The standard InChI is InChI=1S/C13H11F2N3O/c14-10-2-1-9(11(15)6-10)7-18-13(19)8-3-4-17-12(16)5-8/h1-6H,7H2,(H2,16,17)(H,18,19). The number of hydrogen-bond acceptors (Lipinski definition) is 3. The van der Waals surface area contributed by atoms with Gasteiger partial charge in [0, 0.05) is 29.9 Å². The number of anilines is 1. The van der Waals surface area contributed by atoms with Crippen LogP contribution in [0, 0.1) is 11.6 Å². The van der Waals surface area contributed by atoms with Gasteiger partial charge in [0.25, 0.3) is 5.91 Å². The number of nitrogen functional groups attached to an aromatic ring is 1. The molecule has 0 aliphatic carbocycles. The van der Waals surface area contributed by atoms with Crippen molar-refractivity contribution in [2.24, 2.45) is 0 Å². The largest absolute Gasteiger partial charge is 0.384 e. The van der Waals surface area contributed by atoms with Crippen LogP contribution in [0.4, 0.5) is 14.6 Å². The molecule has 2 aromatic rings. The summed E-state index contributed by atoms with van der Waals surface area (Å²) in [6.45, 7) is -0.0345. The van der Waals surface area contributed by atoms with Crippen molar-refractivity contribution >= 4 is 11.7 Å². The molecular weight excluding hydrogens is 252 g/mol. The maximum absolute atomic E-state index is 13.3. The van der Waals surface area contributed by atoms with Crippen LogP contribution in [-0.2, 0) is 6.54 Å². The molecule has 0 spiro atoms. The Morgan fingerprint density at radius 2 is 2.05 bits per heavy atom. The minimum absolute atomic E-state index is 0.0345. The molecule has 1 heterocycles. The summed E-state index contributed by atoms with van der Waals surface area (Å²) in [4.78, 5) is 15.5. The Kier molecular flexibility index (Phi) is 3.70. The Hall–Kier alpha value is -2.50. The summed E-state index contributed by atoms with van der Waals surface area (Å²) in [7, 11) is 0. The number of rotatable bonds is 3. The van der Waals surface area contributed by atoms with Crippen molar-refractivity contribution < 1.29 is 13.6 Å². The molecule has 0 saturated heterocycles. The van der Waals surface area contributed by atoms with Crippen LogP contribution in [0.15, 0.2) is 36.5 Å². The molecule has 4 nitrogen and oxygen atoms in total. The highest BCUT2D eigenvalue weighted by Gasteiger charge is 2.08. The van der Waals surface area contributed by atoms with Gasteiger partial charge in [-0.1, -0.05) is 6.07 Å². The molecule has 6 heteroatoms. The third-order valence-electron chi connectivity index (χ3n) is 2.50. The van der Waals surface area contributed by atoms with Gasteiger partial charge in [0.15, 0.2) is 0 Å². The lowest BCUT2D eigenvalue weighted by atomic mass is 10.2. The summed E-state index contributed by atoms with van der Waals surface area (Å²) in [5, 5.41) is 2.52. The fourth-order valence-corrected chi connectivity index (χ4v) is 1.53. The number of carbonyl (C=O) groups is 1. The van der Waals surface area contributed by atoms with E-state index in [9.17, 15) is 13.6 Å². The number of benzene rings is 1. The van der Waals surface area contributed by atoms with Gasteiger partial charge < -0.3 is 11.1 Å². The van der Waals surface area contributed by atoms with E-state index in [0.717, 1.165) is 12.1 Å². The highest BCUT2D eigenvalue weighted by Crippen LogP contribution is 2.10. The van der Waals surface area contributed by atoms with E-state index in [1.165, 1.54) is 24.4 Å². The summed E-state index contributed by atoms with van der Waals surface area (Å²) in [5.41, 5.74) is 5.99. The van der Waals surface area contributed by atoms with Gasteiger partial charge in [0.05, 0.1) is 0 Å². The number of halogens is 2. The van der Waals surface area contributed by atoms with Crippen molar-refractivity contribution in [2.75, 3.05) is 5.73 Å². The van der Waals surface area contributed by atoms with Gasteiger partial charge in [0.2, 0.25) is 0 Å². The van der Waals surface area contributed by atoms with E-state index in [1.54, 1.807) is 0 Å². The molecular formula is C13H11F2N3O. The molecule has 0 aliphatic rings. The zero-order valence-electron chi connectivity index (χ0n) is 9.86. The zero-order valence-corrected chi connectivity index (χ0v) is 9.86. The van der Waals surface area contributed by atoms with Crippen molar-refractivity contribution in [3.63, 3.8) is 0 Å². The first-order chi connectivity index (χ1) is 9.06. The number of pyridine rings is 1. The Balaban J connectivity index is 2.04. The van der Waals surface area contributed by atoms with Gasteiger partial charge in [0.1, 0.15) is 17.5 Å². The second-order valence-electron chi connectivity index (χ2n) is 3.89. The molecule has 3 N–H and O–H groups in total. The minimum Gasteiger partial charge on any atom is -0.384 e. The Bertz CT molecular complexity index is 617.